The van der Waals surface area contributed by atoms with Crippen LogP contribution in [0.25, 0.3) is 0 Å². The van der Waals surface area contributed by atoms with Crippen LogP contribution < -0.4 is 17.0 Å². The molecule has 128 valence electrons. The van der Waals surface area contributed by atoms with E-state index < -0.39 is 0 Å². The van der Waals surface area contributed by atoms with Crippen molar-refractivity contribution in [3.05, 3.63) is 0 Å². The molecule has 0 aromatic rings. The van der Waals surface area contributed by atoms with Gasteiger partial charge in [-0.05, 0) is 12.8 Å². The molecule has 0 aliphatic carbocycles. The lowest BCUT2D eigenvalue weighted by molar-refractivity contribution is -0.938. The van der Waals surface area contributed by atoms with E-state index in [1.54, 1.807) is 0 Å². The van der Waals surface area contributed by atoms with Crippen LogP contribution in [0.15, 0.2) is 0 Å². The molecule has 1 unspecified atom stereocenters. The Morgan fingerprint density at radius 2 is 1.64 bits per heavy atom. The van der Waals surface area contributed by atoms with Crippen molar-refractivity contribution >= 4 is 5.97 Å². The molecule has 22 heavy (non-hydrogen) atoms. The van der Waals surface area contributed by atoms with E-state index >= 15 is 0 Å². The van der Waals surface area contributed by atoms with E-state index in [2.05, 4.69) is 27.9 Å². The maximum Gasteiger partial charge on any atom is 0.309 e. The lowest BCUT2D eigenvalue weighted by Gasteiger charge is -2.45. The molecule has 5 heteroatoms. The molecule has 0 aromatic carbocycles. The number of rotatable bonds is 6. The Morgan fingerprint density at radius 1 is 1.14 bits per heavy atom. The number of halogens is 1. The van der Waals surface area contributed by atoms with E-state index in [1.165, 1.54) is 0 Å². The van der Waals surface area contributed by atoms with Gasteiger partial charge in [-0.25, -0.2) is 0 Å². The molecule has 0 N–H and O–H groups in total. The summed E-state index contributed by atoms with van der Waals surface area (Å²) in [5.41, 5.74) is 0. The Balaban J connectivity index is 0.00000176. The topological polar surface area (TPSA) is 38.8 Å². The highest BCUT2D eigenvalue weighted by Gasteiger charge is 2.70. The summed E-state index contributed by atoms with van der Waals surface area (Å²) in [7, 11) is 4.61. The molecule has 3 fully saturated rings. The predicted molar refractivity (Wildman–Crippen MR) is 80.8 cm³/mol. The minimum atomic E-state index is 0. The van der Waals surface area contributed by atoms with Gasteiger partial charge in [0, 0.05) is 12.8 Å². The first-order valence-electron chi connectivity index (χ1n) is 8.68. The number of epoxide rings is 1. The second-order valence-corrected chi connectivity index (χ2v) is 7.63. The first kappa shape index (κ1) is 18.2. The summed E-state index contributed by atoms with van der Waals surface area (Å²) >= 11 is 0. The van der Waals surface area contributed by atoms with Crippen LogP contribution in [0.5, 0.6) is 0 Å². The van der Waals surface area contributed by atoms with Gasteiger partial charge in [0.25, 0.3) is 0 Å². The van der Waals surface area contributed by atoms with Crippen molar-refractivity contribution in [3.8, 4) is 0 Å². The lowest BCUT2D eigenvalue weighted by atomic mass is 9.95. The number of nitrogens with zero attached hydrogens (tertiary/aromatic N) is 1. The van der Waals surface area contributed by atoms with Crippen molar-refractivity contribution in [3.63, 3.8) is 0 Å². The molecule has 3 heterocycles. The zero-order valence-corrected chi connectivity index (χ0v) is 15.8. The zero-order valence-electron chi connectivity index (χ0n) is 14.3. The van der Waals surface area contributed by atoms with Gasteiger partial charge in [0.1, 0.15) is 30.4 Å². The van der Waals surface area contributed by atoms with E-state index in [4.69, 9.17) is 9.47 Å². The van der Waals surface area contributed by atoms with Gasteiger partial charge >= 0.3 is 5.97 Å². The maximum atomic E-state index is 12.4. The molecule has 0 spiro atoms. The fraction of sp³-hybridized carbons (Fsp3) is 0.941. The Kier molecular flexibility index (Phi) is 5.61. The minimum absolute atomic E-state index is 0. The number of carbonyl (C=O) groups excluding carboxylic acids is 1. The van der Waals surface area contributed by atoms with E-state index in [0.29, 0.717) is 24.3 Å². The molecular weight excluding hydrogens is 346 g/mol. The van der Waals surface area contributed by atoms with Gasteiger partial charge < -0.3 is 30.9 Å². The molecule has 5 atom stereocenters. The van der Waals surface area contributed by atoms with Crippen molar-refractivity contribution < 1.29 is 35.7 Å². The number of likely N-dealkylation sites (N-methyl/N-ethyl adjacent to an activating group) is 1. The molecule has 0 amide bonds. The number of hydrogen-bond acceptors (Lipinski definition) is 3. The molecule has 3 aliphatic heterocycles. The van der Waals surface area contributed by atoms with E-state index in [-0.39, 0.29) is 35.0 Å². The number of piperidine rings is 1. The molecule has 0 radical (unpaired) electrons. The Labute approximate surface area is 144 Å². The maximum absolute atomic E-state index is 12.4. The van der Waals surface area contributed by atoms with Crippen molar-refractivity contribution in [1.29, 1.82) is 0 Å². The van der Waals surface area contributed by atoms with Crippen LogP contribution in [0.4, 0.5) is 0 Å². The fourth-order valence-electron chi connectivity index (χ4n) is 4.64. The summed E-state index contributed by atoms with van der Waals surface area (Å²) in [5, 5.41) is 0. The number of carbonyl (C=O) groups is 1. The average molecular weight is 376 g/mol. The third kappa shape index (κ3) is 3.09. The van der Waals surface area contributed by atoms with Crippen LogP contribution in [0.2, 0.25) is 0 Å². The standard InChI is InChI=1S/C17H30NO3.BrH/c1-5-7-11(8-6-2)17(19)20-12-9-13-15-16(21-15)14(10-12)18(13,3)4;/h11-16H,5-10H2,1-4H3;1H/q+1;/p-1/t12?,13-,14-,15-,16+;/m0./s1. The minimum Gasteiger partial charge on any atom is -1.00 e. The Hall–Kier alpha value is -0.130. The Morgan fingerprint density at radius 3 is 2.09 bits per heavy atom. The quantitative estimate of drug-likeness (QED) is 0.357. The van der Waals surface area contributed by atoms with Crippen LogP contribution >= 0.6 is 0 Å². The first-order chi connectivity index (χ1) is 9.98. The third-order valence-corrected chi connectivity index (χ3v) is 5.93. The second-order valence-electron chi connectivity index (χ2n) is 7.63. The summed E-state index contributed by atoms with van der Waals surface area (Å²) in [6.07, 6.45) is 6.94. The normalized spacial score (nSPS) is 37.4. The van der Waals surface area contributed by atoms with Gasteiger partial charge in [0.2, 0.25) is 0 Å². The van der Waals surface area contributed by atoms with Crippen LogP contribution in [-0.4, -0.2) is 54.9 Å². The van der Waals surface area contributed by atoms with Crippen molar-refractivity contribution in [2.45, 2.75) is 82.8 Å². The number of morpholine rings is 1. The van der Waals surface area contributed by atoms with Crippen LogP contribution in [0, 0.1) is 5.92 Å². The summed E-state index contributed by atoms with van der Waals surface area (Å²) in [6.45, 7) is 4.28. The summed E-state index contributed by atoms with van der Waals surface area (Å²) in [5.74, 6) is 0.151. The zero-order chi connectivity index (χ0) is 15.2. The summed E-state index contributed by atoms with van der Waals surface area (Å²) < 4.78 is 12.7. The predicted octanol–water partition coefficient (Wildman–Crippen LogP) is -0.493. The molecule has 2 bridgehead atoms. The van der Waals surface area contributed by atoms with Gasteiger partial charge in [-0.3, -0.25) is 4.79 Å². The number of fused-ring (bicyclic) bond motifs is 5. The number of quaternary nitrogens is 1. The van der Waals surface area contributed by atoms with E-state index in [9.17, 15) is 4.79 Å². The van der Waals surface area contributed by atoms with Gasteiger partial charge in [0.05, 0.1) is 20.0 Å². The highest BCUT2D eigenvalue weighted by Crippen LogP contribution is 2.51. The third-order valence-electron chi connectivity index (χ3n) is 5.93. The van der Waals surface area contributed by atoms with Gasteiger partial charge in [0.15, 0.2) is 0 Å². The number of esters is 1. The average Bonchev–Trinajstić information content (AvgIpc) is 3.16. The SMILES string of the molecule is CCCC(CCC)C(=O)OC1C[C@H]2[C@@H]3O[C@@H]3[C@H](C1)[N+]2(C)C.[Br-]. The summed E-state index contributed by atoms with van der Waals surface area (Å²) in [4.78, 5) is 12.4. The molecular formula is C17H30BrNO3. The van der Waals surface area contributed by atoms with E-state index in [0.717, 1.165) is 43.0 Å². The number of ether oxygens (including phenoxy) is 2. The molecule has 3 aliphatic rings. The summed E-state index contributed by atoms with van der Waals surface area (Å²) in [6, 6.07) is 1.03. The first-order valence-corrected chi connectivity index (χ1v) is 8.68. The van der Waals surface area contributed by atoms with Crippen molar-refractivity contribution in [2.24, 2.45) is 5.92 Å². The lowest BCUT2D eigenvalue weighted by Crippen LogP contribution is -3.00. The largest absolute Gasteiger partial charge is 1.00 e. The second kappa shape index (κ2) is 6.78. The number of hydrogen-bond donors (Lipinski definition) is 0. The molecule has 3 saturated heterocycles. The van der Waals surface area contributed by atoms with Crippen LogP contribution in [0.3, 0.4) is 0 Å². The van der Waals surface area contributed by atoms with Crippen LogP contribution in [-0.2, 0) is 14.3 Å². The Bertz CT molecular complexity index is 389. The highest BCUT2D eigenvalue weighted by molar-refractivity contribution is 5.72. The van der Waals surface area contributed by atoms with Gasteiger partial charge in [-0.15, -0.1) is 0 Å². The highest BCUT2D eigenvalue weighted by atomic mass is 79.9. The van der Waals surface area contributed by atoms with Gasteiger partial charge in [-0.1, -0.05) is 26.7 Å². The van der Waals surface area contributed by atoms with Crippen molar-refractivity contribution in [1.82, 2.24) is 0 Å². The molecule has 0 saturated carbocycles. The van der Waals surface area contributed by atoms with Crippen LogP contribution in [0.1, 0.15) is 52.4 Å². The molecule has 0 aromatic heterocycles. The fourth-order valence-corrected chi connectivity index (χ4v) is 4.64. The molecule has 3 rings (SSSR count). The molecule has 4 nitrogen and oxygen atoms in total. The smallest absolute Gasteiger partial charge is 0.309 e. The monoisotopic (exact) mass is 375 g/mol. The van der Waals surface area contributed by atoms with Crippen molar-refractivity contribution in [2.75, 3.05) is 14.1 Å². The van der Waals surface area contributed by atoms with Gasteiger partial charge in [-0.2, -0.15) is 0 Å². The van der Waals surface area contributed by atoms with E-state index in [1.807, 2.05) is 0 Å².